The Morgan fingerprint density at radius 2 is 1.34 bits per heavy atom. The van der Waals surface area contributed by atoms with Crippen LogP contribution in [0.5, 0.6) is 0 Å². The maximum atomic E-state index is 9.92. The molecule has 3 aromatic carbocycles. The predicted molar refractivity (Wildman–Crippen MR) is 145 cm³/mol. The van der Waals surface area contributed by atoms with Crippen LogP contribution in [-0.4, -0.2) is 55.8 Å². The molecule has 2 heterocycles. The van der Waals surface area contributed by atoms with E-state index in [4.69, 9.17) is 18.9 Å². The molecule has 196 valence electrons. The molecule has 2 aliphatic heterocycles. The zero-order chi connectivity index (χ0) is 26.8. The Bertz CT molecular complexity index is 1190. The van der Waals surface area contributed by atoms with Gasteiger partial charge >= 0.3 is 0 Å². The van der Waals surface area contributed by atoms with Crippen molar-refractivity contribution < 1.29 is 18.9 Å². The van der Waals surface area contributed by atoms with E-state index in [9.17, 15) is 5.26 Å². The van der Waals surface area contributed by atoms with Crippen LogP contribution in [0.1, 0.15) is 30.5 Å². The second-order valence-electron chi connectivity index (χ2n) is 10.4. The van der Waals surface area contributed by atoms with Crippen LogP contribution in [0.3, 0.4) is 0 Å². The Kier molecular flexibility index (Phi) is 7.38. The molecule has 0 amide bonds. The summed E-state index contributed by atoms with van der Waals surface area (Å²) in [5, 5.41) is 9.92. The van der Waals surface area contributed by atoms with Gasteiger partial charge < -0.3 is 23.8 Å². The zero-order valence-corrected chi connectivity index (χ0v) is 22.3. The van der Waals surface area contributed by atoms with Gasteiger partial charge in [-0.1, -0.05) is 91.0 Å². The van der Waals surface area contributed by atoms with Crippen LogP contribution in [0.2, 0.25) is 0 Å². The number of hydrogen-bond acceptors (Lipinski definition) is 6. The van der Waals surface area contributed by atoms with Crippen LogP contribution in [0.25, 0.3) is 0 Å². The lowest BCUT2D eigenvalue weighted by Gasteiger charge is -2.37. The summed E-state index contributed by atoms with van der Waals surface area (Å²) in [7, 11) is 3.77. The van der Waals surface area contributed by atoms with Crippen molar-refractivity contribution in [2.24, 2.45) is 0 Å². The van der Waals surface area contributed by atoms with Crippen molar-refractivity contribution in [3.8, 4) is 6.07 Å². The molecule has 2 aliphatic rings. The van der Waals surface area contributed by atoms with E-state index in [1.54, 1.807) is 6.20 Å². The van der Waals surface area contributed by atoms with Gasteiger partial charge in [-0.25, -0.2) is 0 Å². The SMILES string of the molecule is CN(C)C=C(C#N)C1O[C@H](COC(c2ccccc2)(c2ccccc2)c2ccccc2)[C@H]2OC(C)(C)O[C@@H]12. The molecule has 1 unspecified atom stereocenters. The predicted octanol–water partition coefficient (Wildman–Crippen LogP) is 5.25. The molecule has 0 radical (unpaired) electrons. The minimum absolute atomic E-state index is 0.233. The van der Waals surface area contributed by atoms with E-state index in [1.807, 2.05) is 87.4 Å². The topological polar surface area (TPSA) is 64.0 Å². The quantitative estimate of drug-likeness (QED) is 0.305. The molecule has 0 spiro atoms. The molecule has 0 aliphatic carbocycles. The van der Waals surface area contributed by atoms with E-state index in [1.165, 1.54) is 0 Å². The average molecular weight is 511 g/mol. The third-order valence-electron chi connectivity index (χ3n) is 6.99. The highest BCUT2D eigenvalue weighted by molar-refractivity contribution is 5.47. The van der Waals surface area contributed by atoms with Gasteiger partial charge in [0.1, 0.15) is 30.0 Å². The first-order valence-corrected chi connectivity index (χ1v) is 12.9. The van der Waals surface area contributed by atoms with Gasteiger partial charge in [0, 0.05) is 20.3 Å². The Balaban J connectivity index is 1.55. The highest BCUT2D eigenvalue weighted by atomic mass is 16.8. The standard InChI is InChI=1S/C32H34N2O4/c1-31(2)37-29-27(36-28(30(29)38-31)23(20-33)21-34(3)4)22-35-32(24-14-8-5-9-15-24,25-16-10-6-11-17-25)26-18-12-7-13-19-26/h5-19,21,27-30H,22H2,1-4H3/t27-,28?,29-,30+/m1/s1. The van der Waals surface area contributed by atoms with Crippen molar-refractivity contribution in [2.45, 2.75) is 49.7 Å². The first-order valence-electron chi connectivity index (χ1n) is 12.9. The second kappa shape index (κ2) is 10.7. The van der Waals surface area contributed by atoms with Gasteiger partial charge in [-0.15, -0.1) is 0 Å². The number of fused-ring (bicyclic) bond motifs is 1. The fraction of sp³-hybridized carbons (Fsp3) is 0.344. The molecule has 4 atom stereocenters. The molecule has 2 fully saturated rings. The molecular formula is C32H34N2O4. The zero-order valence-electron chi connectivity index (χ0n) is 22.3. The Morgan fingerprint density at radius 3 is 1.79 bits per heavy atom. The third-order valence-corrected chi connectivity index (χ3v) is 6.99. The Hall–Kier alpha value is -3.47. The molecule has 6 nitrogen and oxygen atoms in total. The molecule has 0 aromatic heterocycles. The Morgan fingerprint density at radius 1 is 0.868 bits per heavy atom. The van der Waals surface area contributed by atoms with Crippen LogP contribution >= 0.6 is 0 Å². The lowest BCUT2D eigenvalue weighted by Crippen LogP contribution is -2.39. The molecule has 6 heteroatoms. The maximum absolute atomic E-state index is 9.92. The van der Waals surface area contributed by atoms with Crippen molar-refractivity contribution in [2.75, 3.05) is 20.7 Å². The monoisotopic (exact) mass is 510 g/mol. The molecule has 0 N–H and O–H groups in total. The lowest BCUT2D eigenvalue weighted by atomic mass is 9.80. The Labute approximate surface area is 225 Å². The normalized spacial score (nSPS) is 24.6. The van der Waals surface area contributed by atoms with Crippen LogP contribution < -0.4 is 0 Å². The molecule has 3 aromatic rings. The van der Waals surface area contributed by atoms with E-state index in [0.717, 1.165) is 16.7 Å². The van der Waals surface area contributed by atoms with Gasteiger partial charge in [0.2, 0.25) is 0 Å². The van der Waals surface area contributed by atoms with E-state index in [-0.39, 0.29) is 12.7 Å². The van der Waals surface area contributed by atoms with Crippen LogP contribution in [-0.2, 0) is 24.5 Å². The van der Waals surface area contributed by atoms with Crippen molar-refractivity contribution >= 4 is 0 Å². The van der Waals surface area contributed by atoms with Gasteiger partial charge in [-0.2, -0.15) is 5.26 Å². The number of benzene rings is 3. The summed E-state index contributed by atoms with van der Waals surface area (Å²) in [5.41, 5.74) is 2.65. The van der Waals surface area contributed by atoms with Gasteiger partial charge in [-0.3, -0.25) is 0 Å². The van der Waals surface area contributed by atoms with Gasteiger partial charge in [0.05, 0.1) is 18.2 Å². The fourth-order valence-electron chi connectivity index (χ4n) is 5.49. The third kappa shape index (κ3) is 4.99. The van der Waals surface area contributed by atoms with E-state index >= 15 is 0 Å². The van der Waals surface area contributed by atoms with Crippen molar-refractivity contribution in [1.82, 2.24) is 4.90 Å². The first-order chi connectivity index (χ1) is 18.3. The van der Waals surface area contributed by atoms with Gasteiger partial charge in [0.25, 0.3) is 0 Å². The molecule has 2 saturated heterocycles. The summed E-state index contributed by atoms with van der Waals surface area (Å²) < 4.78 is 26.1. The van der Waals surface area contributed by atoms with Crippen molar-refractivity contribution in [3.05, 3.63) is 119 Å². The molecular weight excluding hydrogens is 476 g/mol. The van der Waals surface area contributed by atoms with Crippen molar-refractivity contribution in [3.63, 3.8) is 0 Å². The maximum Gasteiger partial charge on any atom is 0.164 e. The number of ether oxygens (including phenoxy) is 4. The minimum atomic E-state index is -0.882. The first kappa shape index (κ1) is 26.1. The lowest BCUT2D eigenvalue weighted by molar-refractivity contribution is -0.191. The van der Waals surface area contributed by atoms with Crippen molar-refractivity contribution in [1.29, 1.82) is 5.26 Å². The van der Waals surface area contributed by atoms with E-state index in [2.05, 4.69) is 42.5 Å². The number of nitriles is 1. The summed E-state index contributed by atoms with van der Waals surface area (Å²) in [6, 6.07) is 33.0. The van der Waals surface area contributed by atoms with Gasteiger partial charge in [0.15, 0.2) is 5.79 Å². The number of hydrogen-bond donors (Lipinski definition) is 0. The molecule has 0 bridgehead atoms. The number of nitrogens with zero attached hydrogens (tertiary/aromatic N) is 2. The molecule has 5 rings (SSSR count). The highest BCUT2D eigenvalue weighted by Gasteiger charge is 2.56. The fourth-order valence-corrected chi connectivity index (χ4v) is 5.49. The summed E-state index contributed by atoms with van der Waals surface area (Å²) in [5.74, 6) is -0.788. The second-order valence-corrected chi connectivity index (χ2v) is 10.4. The minimum Gasteiger partial charge on any atom is -0.383 e. The summed E-state index contributed by atoms with van der Waals surface area (Å²) >= 11 is 0. The number of rotatable bonds is 8. The molecule has 0 saturated carbocycles. The summed E-state index contributed by atoms with van der Waals surface area (Å²) in [6.45, 7) is 4.02. The highest BCUT2D eigenvalue weighted by Crippen LogP contribution is 2.44. The average Bonchev–Trinajstić information content (AvgIpc) is 3.42. The smallest absolute Gasteiger partial charge is 0.164 e. The van der Waals surface area contributed by atoms with Crippen LogP contribution in [0, 0.1) is 11.3 Å². The van der Waals surface area contributed by atoms with Crippen LogP contribution in [0.15, 0.2) is 103 Å². The molecule has 38 heavy (non-hydrogen) atoms. The largest absolute Gasteiger partial charge is 0.383 e. The summed E-state index contributed by atoms with van der Waals surface area (Å²) in [4.78, 5) is 1.84. The van der Waals surface area contributed by atoms with Crippen LogP contribution in [0.4, 0.5) is 0 Å². The van der Waals surface area contributed by atoms with E-state index < -0.39 is 29.7 Å². The van der Waals surface area contributed by atoms with E-state index in [0.29, 0.717) is 5.57 Å². The summed E-state index contributed by atoms with van der Waals surface area (Å²) in [6.07, 6.45) is -0.0107. The van der Waals surface area contributed by atoms with Gasteiger partial charge in [-0.05, 0) is 30.5 Å².